The highest BCUT2D eigenvalue weighted by Crippen LogP contribution is 2.34. The van der Waals surface area contributed by atoms with Gasteiger partial charge in [0.1, 0.15) is 16.6 Å². The molecule has 0 N–H and O–H groups in total. The van der Waals surface area contributed by atoms with Crippen LogP contribution in [0.4, 0.5) is 4.39 Å². The Kier molecular flexibility index (Phi) is 4.11. The van der Waals surface area contributed by atoms with Gasteiger partial charge < -0.3 is 9.47 Å². The first-order valence-corrected chi connectivity index (χ1v) is 6.37. The highest BCUT2D eigenvalue weighted by atomic mass is 32.1. The number of thiazole rings is 1. The highest BCUT2D eigenvalue weighted by Gasteiger charge is 2.16. The number of aromatic nitrogens is 1. The first-order chi connectivity index (χ1) is 9.15. The fourth-order valence-corrected chi connectivity index (χ4v) is 2.47. The summed E-state index contributed by atoms with van der Waals surface area (Å²) in [5.74, 6) is -0.366. The van der Waals surface area contributed by atoms with Crippen molar-refractivity contribution in [3.8, 4) is 16.3 Å². The van der Waals surface area contributed by atoms with E-state index in [-0.39, 0.29) is 12.4 Å². The lowest BCUT2D eigenvalue weighted by atomic mass is 10.2. The van der Waals surface area contributed by atoms with Crippen LogP contribution in [0.5, 0.6) is 5.75 Å². The van der Waals surface area contributed by atoms with Crippen LogP contribution in [-0.2, 0) is 16.0 Å². The SMILES string of the molecule is COC(=O)Cc1csc(-c2c(F)cccc2OC)n1. The Bertz CT molecular complexity index is 597. The van der Waals surface area contributed by atoms with E-state index in [1.807, 2.05) is 0 Å². The molecule has 1 aromatic heterocycles. The maximum absolute atomic E-state index is 13.9. The molecule has 0 bridgehead atoms. The summed E-state index contributed by atoms with van der Waals surface area (Å²) in [6, 6.07) is 4.58. The summed E-state index contributed by atoms with van der Waals surface area (Å²) in [7, 11) is 2.79. The summed E-state index contributed by atoms with van der Waals surface area (Å²) in [6.45, 7) is 0. The lowest BCUT2D eigenvalue weighted by Gasteiger charge is -2.06. The molecule has 6 heteroatoms. The Morgan fingerprint density at radius 3 is 2.89 bits per heavy atom. The van der Waals surface area contributed by atoms with E-state index < -0.39 is 5.82 Å². The molecule has 19 heavy (non-hydrogen) atoms. The summed E-state index contributed by atoms with van der Waals surface area (Å²) < 4.78 is 23.5. The number of hydrogen-bond donors (Lipinski definition) is 0. The van der Waals surface area contributed by atoms with Gasteiger partial charge in [0, 0.05) is 5.38 Å². The minimum absolute atomic E-state index is 0.0732. The van der Waals surface area contributed by atoms with Crippen molar-refractivity contribution in [3.05, 3.63) is 35.1 Å². The third-order valence-electron chi connectivity index (χ3n) is 2.51. The average Bonchev–Trinajstić information content (AvgIpc) is 2.86. The van der Waals surface area contributed by atoms with Gasteiger partial charge in [-0.05, 0) is 12.1 Å². The molecule has 0 radical (unpaired) electrons. The molecule has 0 atom stereocenters. The third-order valence-corrected chi connectivity index (χ3v) is 3.42. The number of nitrogens with zero attached hydrogens (tertiary/aromatic N) is 1. The summed E-state index contributed by atoms with van der Waals surface area (Å²) >= 11 is 1.26. The molecule has 0 fully saturated rings. The first kappa shape index (κ1) is 13.5. The normalized spacial score (nSPS) is 10.3. The van der Waals surface area contributed by atoms with Crippen LogP contribution in [0.25, 0.3) is 10.6 Å². The van der Waals surface area contributed by atoms with Crippen LogP contribution in [0.1, 0.15) is 5.69 Å². The lowest BCUT2D eigenvalue weighted by Crippen LogP contribution is -2.04. The molecule has 0 aliphatic carbocycles. The van der Waals surface area contributed by atoms with Gasteiger partial charge in [-0.15, -0.1) is 11.3 Å². The zero-order valence-electron chi connectivity index (χ0n) is 10.5. The van der Waals surface area contributed by atoms with Gasteiger partial charge in [0.2, 0.25) is 0 Å². The molecule has 0 aliphatic rings. The number of rotatable bonds is 4. The van der Waals surface area contributed by atoms with Crippen molar-refractivity contribution < 1.29 is 18.7 Å². The fraction of sp³-hybridized carbons (Fsp3) is 0.231. The van der Waals surface area contributed by atoms with Gasteiger partial charge in [-0.25, -0.2) is 9.37 Å². The van der Waals surface area contributed by atoms with Crippen molar-refractivity contribution in [3.63, 3.8) is 0 Å². The van der Waals surface area contributed by atoms with E-state index in [2.05, 4.69) is 9.72 Å². The van der Waals surface area contributed by atoms with Crippen molar-refractivity contribution >= 4 is 17.3 Å². The van der Waals surface area contributed by atoms with Gasteiger partial charge in [0.05, 0.1) is 31.9 Å². The number of carbonyl (C=O) groups is 1. The standard InChI is InChI=1S/C13H12FNO3S/c1-17-10-5-3-4-9(14)12(10)13-15-8(7-19-13)6-11(16)18-2/h3-5,7H,6H2,1-2H3. The fourth-order valence-electron chi connectivity index (χ4n) is 1.61. The number of halogens is 1. The van der Waals surface area contributed by atoms with Crippen LogP contribution < -0.4 is 4.74 Å². The van der Waals surface area contributed by atoms with E-state index >= 15 is 0 Å². The monoisotopic (exact) mass is 281 g/mol. The quantitative estimate of drug-likeness (QED) is 0.808. The Labute approximate surface area is 113 Å². The molecule has 0 saturated heterocycles. The summed E-state index contributed by atoms with van der Waals surface area (Å²) in [5.41, 5.74) is 0.864. The summed E-state index contributed by atoms with van der Waals surface area (Å²) in [4.78, 5) is 15.4. The second-order valence-corrected chi connectivity index (χ2v) is 4.57. The van der Waals surface area contributed by atoms with Gasteiger partial charge in [-0.3, -0.25) is 4.79 Å². The third kappa shape index (κ3) is 2.90. The van der Waals surface area contributed by atoms with Gasteiger partial charge >= 0.3 is 5.97 Å². The van der Waals surface area contributed by atoms with Crippen molar-refractivity contribution in [2.45, 2.75) is 6.42 Å². The van der Waals surface area contributed by atoms with Crippen LogP contribution in [0.2, 0.25) is 0 Å². The Balaban J connectivity index is 2.35. The number of benzene rings is 1. The minimum atomic E-state index is -0.404. The van der Waals surface area contributed by atoms with Crippen molar-refractivity contribution in [1.82, 2.24) is 4.98 Å². The van der Waals surface area contributed by atoms with Gasteiger partial charge in [-0.2, -0.15) is 0 Å². The van der Waals surface area contributed by atoms with E-state index in [0.29, 0.717) is 22.0 Å². The summed E-state index contributed by atoms with van der Waals surface area (Å²) in [5, 5.41) is 2.19. The van der Waals surface area contributed by atoms with Crippen LogP contribution in [-0.4, -0.2) is 25.2 Å². The largest absolute Gasteiger partial charge is 0.496 e. The van der Waals surface area contributed by atoms with Crippen LogP contribution in [0, 0.1) is 5.82 Å². The maximum atomic E-state index is 13.9. The number of carbonyl (C=O) groups excluding carboxylic acids is 1. The van der Waals surface area contributed by atoms with Gasteiger partial charge in [-0.1, -0.05) is 6.07 Å². The van der Waals surface area contributed by atoms with Crippen molar-refractivity contribution in [2.24, 2.45) is 0 Å². The molecule has 0 saturated carbocycles. The predicted molar refractivity (Wildman–Crippen MR) is 69.8 cm³/mol. The molecule has 0 unspecified atom stereocenters. The predicted octanol–water partition coefficient (Wildman–Crippen LogP) is 2.67. The Morgan fingerprint density at radius 2 is 2.21 bits per heavy atom. The molecule has 1 heterocycles. The van der Waals surface area contributed by atoms with E-state index in [1.54, 1.807) is 17.5 Å². The molecule has 2 rings (SSSR count). The van der Waals surface area contributed by atoms with E-state index in [9.17, 15) is 9.18 Å². The summed E-state index contributed by atoms with van der Waals surface area (Å²) in [6.07, 6.45) is 0.0732. The number of ether oxygens (including phenoxy) is 2. The molecule has 2 aromatic rings. The topological polar surface area (TPSA) is 48.4 Å². The molecule has 0 amide bonds. The van der Waals surface area contributed by atoms with Gasteiger partial charge in [0.15, 0.2) is 0 Å². The number of esters is 1. The first-order valence-electron chi connectivity index (χ1n) is 5.49. The smallest absolute Gasteiger partial charge is 0.311 e. The second kappa shape index (κ2) is 5.79. The molecule has 1 aromatic carbocycles. The zero-order chi connectivity index (χ0) is 13.8. The highest BCUT2D eigenvalue weighted by molar-refractivity contribution is 7.13. The molecule has 100 valence electrons. The molecule has 0 aliphatic heterocycles. The van der Waals surface area contributed by atoms with Crippen LogP contribution in [0.3, 0.4) is 0 Å². The molecule has 0 spiro atoms. The van der Waals surface area contributed by atoms with Crippen molar-refractivity contribution in [1.29, 1.82) is 0 Å². The van der Waals surface area contributed by atoms with E-state index in [0.717, 1.165) is 0 Å². The average molecular weight is 281 g/mol. The Morgan fingerprint density at radius 1 is 1.42 bits per heavy atom. The molecule has 4 nitrogen and oxygen atoms in total. The van der Waals surface area contributed by atoms with E-state index in [4.69, 9.17) is 4.74 Å². The van der Waals surface area contributed by atoms with Crippen LogP contribution >= 0.6 is 11.3 Å². The van der Waals surface area contributed by atoms with Crippen molar-refractivity contribution in [2.75, 3.05) is 14.2 Å². The molecular weight excluding hydrogens is 269 g/mol. The minimum Gasteiger partial charge on any atom is -0.496 e. The maximum Gasteiger partial charge on any atom is 0.311 e. The zero-order valence-corrected chi connectivity index (χ0v) is 11.3. The molecular formula is C13H12FNO3S. The van der Waals surface area contributed by atoms with Crippen LogP contribution in [0.15, 0.2) is 23.6 Å². The lowest BCUT2D eigenvalue weighted by molar-refractivity contribution is -0.139. The Hall–Kier alpha value is -1.95. The van der Waals surface area contributed by atoms with Gasteiger partial charge in [0.25, 0.3) is 0 Å². The number of hydrogen-bond acceptors (Lipinski definition) is 5. The number of methoxy groups -OCH3 is 2. The second-order valence-electron chi connectivity index (χ2n) is 3.71. The van der Waals surface area contributed by atoms with E-state index in [1.165, 1.54) is 31.6 Å².